The summed E-state index contributed by atoms with van der Waals surface area (Å²) in [5, 5.41) is 10.5. The van der Waals surface area contributed by atoms with Crippen LogP contribution in [0.5, 0.6) is 0 Å². The standard InChI is InChI=1S/C11H14IN2O2P/c1-7-3-9(6-13)10(14-17-12)4-8(7)5-11(15)16-2/h3-4,6,13-14,17H,5H2,1-2H3. The molecule has 0 amide bonds. The number of esters is 1. The largest absolute Gasteiger partial charge is 0.469 e. The number of rotatable bonds is 5. The Morgan fingerprint density at radius 3 is 2.88 bits per heavy atom. The molecule has 4 nitrogen and oxygen atoms in total. The predicted molar refractivity (Wildman–Crippen MR) is 80.7 cm³/mol. The monoisotopic (exact) mass is 364 g/mol. The number of benzene rings is 1. The number of hydrogen-bond donors (Lipinski definition) is 2. The molecule has 0 aliphatic heterocycles. The summed E-state index contributed by atoms with van der Waals surface area (Å²) in [6, 6.07) is 3.82. The molecule has 0 heterocycles. The molecular weight excluding hydrogens is 350 g/mol. The third-order valence-electron chi connectivity index (χ3n) is 2.41. The van der Waals surface area contributed by atoms with Gasteiger partial charge in [-0.2, -0.15) is 0 Å². The quantitative estimate of drug-likeness (QED) is 0.365. The Hall–Kier alpha value is -0.680. The predicted octanol–water partition coefficient (Wildman–Crippen LogP) is 3.06. The molecule has 0 saturated heterocycles. The molecule has 92 valence electrons. The SMILES string of the molecule is COC(=O)Cc1cc(NPI)c(C=N)cc1C. The van der Waals surface area contributed by atoms with Gasteiger partial charge in [-0.25, -0.2) is 0 Å². The summed E-state index contributed by atoms with van der Waals surface area (Å²) in [6.45, 7) is 1.93. The Balaban J connectivity index is 3.09. The Bertz CT molecular complexity index is 438. The van der Waals surface area contributed by atoms with Gasteiger partial charge >= 0.3 is 5.97 Å². The third-order valence-corrected chi connectivity index (χ3v) is 3.58. The number of methoxy groups -OCH3 is 1. The summed E-state index contributed by atoms with van der Waals surface area (Å²) < 4.78 is 4.66. The van der Waals surface area contributed by atoms with Crippen molar-refractivity contribution in [3.63, 3.8) is 0 Å². The summed E-state index contributed by atoms with van der Waals surface area (Å²) in [7, 11) is 1.38. The fourth-order valence-corrected chi connectivity index (χ4v) is 2.66. The third kappa shape index (κ3) is 3.92. The van der Waals surface area contributed by atoms with E-state index in [-0.39, 0.29) is 12.4 Å². The first-order chi connectivity index (χ1) is 8.12. The smallest absolute Gasteiger partial charge is 0.309 e. The molecule has 1 aromatic rings. The fraction of sp³-hybridized carbons (Fsp3) is 0.273. The van der Waals surface area contributed by atoms with Crippen LogP contribution in [0.2, 0.25) is 0 Å². The lowest BCUT2D eigenvalue weighted by Gasteiger charge is -2.12. The van der Waals surface area contributed by atoms with Crippen molar-refractivity contribution in [2.75, 3.05) is 12.2 Å². The molecule has 2 N–H and O–H groups in total. The van der Waals surface area contributed by atoms with E-state index in [0.29, 0.717) is 6.37 Å². The molecule has 1 unspecified atom stereocenters. The van der Waals surface area contributed by atoms with E-state index in [4.69, 9.17) is 5.41 Å². The van der Waals surface area contributed by atoms with Gasteiger partial charge in [0.15, 0.2) is 0 Å². The molecule has 0 fully saturated rings. The maximum absolute atomic E-state index is 11.3. The van der Waals surface area contributed by atoms with Gasteiger partial charge in [-0.15, -0.1) is 0 Å². The fourth-order valence-electron chi connectivity index (χ4n) is 1.47. The average Bonchev–Trinajstić information content (AvgIpc) is 2.33. The zero-order valence-corrected chi connectivity index (χ0v) is 12.8. The molecule has 17 heavy (non-hydrogen) atoms. The van der Waals surface area contributed by atoms with Crippen LogP contribution in [0.25, 0.3) is 0 Å². The first kappa shape index (κ1) is 14.4. The van der Waals surface area contributed by atoms with Crippen LogP contribution >= 0.6 is 28.4 Å². The van der Waals surface area contributed by atoms with Gasteiger partial charge in [-0.05, 0) is 52.2 Å². The number of ether oxygens (including phenoxy) is 1. The van der Waals surface area contributed by atoms with Crippen LogP contribution in [-0.4, -0.2) is 19.3 Å². The Labute approximate surface area is 115 Å². The number of anilines is 1. The normalized spacial score (nSPS) is 10.5. The van der Waals surface area contributed by atoms with Gasteiger partial charge in [0.1, 0.15) is 0 Å². The lowest BCUT2D eigenvalue weighted by molar-refractivity contribution is -0.139. The zero-order valence-electron chi connectivity index (χ0n) is 9.63. The van der Waals surface area contributed by atoms with Crippen LogP contribution in [0.1, 0.15) is 16.7 Å². The second-order valence-electron chi connectivity index (χ2n) is 3.48. The number of carbonyl (C=O) groups is 1. The number of nitrogens with one attached hydrogen (secondary N) is 2. The summed E-state index contributed by atoms with van der Waals surface area (Å²) in [4.78, 5) is 11.3. The van der Waals surface area contributed by atoms with Gasteiger partial charge in [0.25, 0.3) is 0 Å². The molecule has 1 aromatic carbocycles. The van der Waals surface area contributed by atoms with E-state index < -0.39 is 0 Å². The first-order valence-electron chi connectivity index (χ1n) is 4.94. The van der Waals surface area contributed by atoms with Gasteiger partial charge in [0.05, 0.1) is 13.5 Å². The minimum atomic E-state index is -0.251. The number of hydrogen-bond acceptors (Lipinski definition) is 4. The van der Waals surface area contributed by atoms with Crippen LogP contribution in [0.3, 0.4) is 0 Å². The average molecular weight is 364 g/mol. The molecule has 0 spiro atoms. The van der Waals surface area contributed by atoms with Crippen molar-refractivity contribution in [1.29, 1.82) is 5.41 Å². The molecule has 0 bridgehead atoms. The van der Waals surface area contributed by atoms with Crippen molar-refractivity contribution in [2.45, 2.75) is 13.3 Å². The van der Waals surface area contributed by atoms with Crippen molar-refractivity contribution in [1.82, 2.24) is 0 Å². The summed E-state index contributed by atoms with van der Waals surface area (Å²) in [6.07, 6.45) is 2.10. The molecule has 0 aliphatic rings. The Morgan fingerprint density at radius 1 is 1.65 bits per heavy atom. The minimum absolute atomic E-state index is 0.251. The number of halogens is 1. The van der Waals surface area contributed by atoms with Gasteiger partial charge in [0, 0.05) is 23.8 Å². The molecule has 1 atom stereocenters. The van der Waals surface area contributed by atoms with Crippen molar-refractivity contribution in [3.05, 3.63) is 28.8 Å². The van der Waals surface area contributed by atoms with Gasteiger partial charge in [0.2, 0.25) is 0 Å². The second kappa shape index (κ2) is 6.91. The molecule has 0 saturated carbocycles. The summed E-state index contributed by atoms with van der Waals surface area (Å²) >= 11 is 2.23. The number of aryl methyl sites for hydroxylation is 1. The van der Waals surface area contributed by atoms with E-state index in [1.165, 1.54) is 13.3 Å². The molecule has 0 aliphatic carbocycles. The second-order valence-corrected chi connectivity index (χ2v) is 5.54. The summed E-state index contributed by atoms with van der Waals surface area (Å²) in [5.74, 6) is -0.251. The highest BCUT2D eigenvalue weighted by molar-refractivity contribution is 14.2. The Kier molecular flexibility index (Phi) is 5.85. The van der Waals surface area contributed by atoms with E-state index in [9.17, 15) is 4.79 Å². The molecular formula is C11H14IN2O2P. The van der Waals surface area contributed by atoms with E-state index in [1.54, 1.807) is 0 Å². The van der Waals surface area contributed by atoms with Crippen molar-refractivity contribution in [3.8, 4) is 0 Å². The van der Waals surface area contributed by atoms with Crippen molar-refractivity contribution in [2.24, 2.45) is 0 Å². The zero-order chi connectivity index (χ0) is 12.8. The maximum atomic E-state index is 11.3. The van der Waals surface area contributed by atoms with E-state index in [1.807, 2.05) is 19.1 Å². The van der Waals surface area contributed by atoms with E-state index in [2.05, 4.69) is 31.9 Å². The number of carbonyl (C=O) groups excluding carboxylic acids is 1. The molecule has 0 radical (unpaired) electrons. The van der Waals surface area contributed by atoms with Crippen LogP contribution < -0.4 is 5.09 Å². The first-order valence-corrected chi connectivity index (χ1v) is 9.06. The highest BCUT2D eigenvalue weighted by Gasteiger charge is 2.09. The van der Waals surface area contributed by atoms with Gasteiger partial charge < -0.3 is 15.2 Å². The lowest BCUT2D eigenvalue weighted by Crippen LogP contribution is -2.07. The Morgan fingerprint density at radius 2 is 2.35 bits per heavy atom. The topological polar surface area (TPSA) is 62.2 Å². The van der Waals surface area contributed by atoms with Crippen LogP contribution in [-0.2, 0) is 16.0 Å². The maximum Gasteiger partial charge on any atom is 0.309 e. The van der Waals surface area contributed by atoms with Gasteiger partial charge in [-0.3, -0.25) is 4.79 Å². The van der Waals surface area contributed by atoms with Crippen LogP contribution in [0, 0.1) is 12.3 Å². The lowest BCUT2D eigenvalue weighted by atomic mass is 10.0. The van der Waals surface area contributed by atoms with Gasteiger partial charge in [-0.1, -0.05) is 0 Å². The van der Waals surface area contributed by atoms with Crippen molar-refractivity contribution >= 4 is 46.3 Å². The van der Waals surface area contributed by atoms with E-state index >= 15 is 0 Å². The summed E-state index contributed by atoms with van der Waals surface area (Å²) in [5.41, 5.74) is 3.65. The molecule has 0 aromatic heterocycles. The van der Waals surface area contributed by atoms with Crippen molar-refractivity contribution < 1.29 is 9.53 Å². The van der Waals surface area contributed by atoms with Crippen LogP contribution in [0.15, 0.2) is 12.1 Å². The highest BCUT2D eigenvalue weighted by atomic mass is 127. The minimum Gasteiger partial charge on any atom is -0.469 e. The van der Waals surface area contributed by atoms with Crippen LogP contribution in [0.4, 0.5) is 5.69 Å². The molecule has 6 heteroatoms. The highest BCUT2D eigenvalue weighted by Crippen LogP contribution is 2.28. The van der Waals surface area contributed by atoms with E-state index in [0.717, 1.165) is 22.4 Å². The molecule has 1 rings (SSSR count).